The zero-order chi connectivity index (χ0) is 15.1. The smallest absolute Gasteiger partial charge is 0.231 e. The van der Waals surface area contributed by atoms with Crippen LogP contribution in [0.3, 0.4) is 0 Å². The van der Waals surface area contributed by atoms with Gasteiger partial charge in [-0.2, -0.15) is 5.26 Å². The van der Waals surface area contributed by atoms with Gasteiger partial charge in [0.1, 0.15) is 5.82 Å². The number of amides is 1. The van der Waals surface area contributed by atoms with Crippen LogP contribution in [0.5, 0.6) is 0 Å². The number of anilines is 1. The fourth-order valence-corrected chi connectivity index (χ4v) is 2.08. The zero-order valence-corrected chi connectivity index (χ0v) is 11.5. The van der Waals surface area contributed by atoms with Crippen LogP contribution in [-0.2, 0) is 11.2 Å². The minimum Gasteiger partial charge on any atom is -0.311 e. The number of carbonyl (C=O) groups excluding carboxylic acids is 1. The van der Waals surface area contributed by atoms with Gasteiger partial charge < -0.3 is 4.90 Å². The molecule has 4 heteroatoms. The third-order valence-electron chi connectivity index (χ3n) is 3.06. The van der Waals surface area contributed by atoms with Crippen LogP contribution in [0, 0.1) is 17.1 Å². The second-order valence-electron chi connectivity index (χ2n) is 4.60. The fraction of sp³-hybridized carbons (Fsp3) is 0.176. The lowest BCUT2D eigenvalue weighted by Crippen LogP contribution is -2.33. The Labute approximate surface area is 123 Å². The van der Waals surface area contributed by atoms with E-state index in [4.69, 9.17) is 5.26 Å². The molecule has 2 aromatic rings. The lowest BCUT2D eigenvalue weighted by Gasteiger charge is -2.21. The normalized spacial score (nSPS) is 9.90. The maximum atomic E-state index is 13.2. The Bertz CT molecular complexity index is 649. The third-order valence-corrected chi connectivity index (χ3v) is 3.06. The minimum atomic E-state index is -0.358. The van der Waals surface area contributed by atoms with Gasteiger partial charge in [0.25, 0.3) is 0 Å². The average Bonchev–Trinajstić information content (AvgIpc) is 2.49. The number of halogens is 1. The number of nitrogens with zero attached hydrogens (tertiary/aromatic N) is 2. The summed E-state index contributed by atoms with van der Waals surface area (Å²) in [5.74, 6) is -0.509. The van der Waals surface area contributed by atoms with Gasteiger partial charge in [0, 0.05) is 12.2 Å². The highest BCUT2D eigenvalue weighted by molar-refractivity contribution is 5.94. The van der Waals surface area contributed by atoms with Gasteiger partial charge in [0.2, 0.25) is 5.91 Å². The number of hydrogen-bond acceptors (Lipinski definition) is 2. The number of hydrogen-bond donors (Lipinski definition) is 0. The zero-order valence-electron chi connectivity index (χ0n) is 11.5. The molecule has 0 aromatic heterocycles. The van der Waals surface area contributed by atoms with Crippen molar-refractivity contribution in [1.82, 2.24) is 0 Å². The molecule has 0 saturated carbocycles. The van der Waals surface area contributed by atoms with E-state index >= 15 is 0 Å². The highest BCUT2D eigenvalue weighted by atomic mass is 19.1. The molecule has 0 saturated heterocycles. The lowest BCUT2D eigenvalue weighted by molar-refractivity contribution is -0.118. The van der Waals surface area contributed by atoms with Crippen LogP contribution in [0.2, 0.25) is 0 Å². The first-order chi connectivity index (χ1) is 10.2. The molecule has 106 valence electrons. The summed E-state index contributed by atoms with van der Waals surface area (Å²) in [5, 5.41) is 8.73. The van der Waals surface area contributed by atoms with E-state index in [0.29, 0.717) is 12.1 Å². The van der Waals surface area contributed by atoms with E-state index in [9.17, 15) is 9.18 Å². The molecular weight excluding hydrogens is 267 g/mol. The van der Waals surface area contributed by atoms with Gasteiger partial charge in [-0.1, -0.05) is 30.3 Å². The second kappa shape index (κ2) is 7.20. The average molecular weight is 282 g/mol. The Morgan fingerprint density at radius 3 is 2.57 bits per heavy atom. The van der Waals surface area contributed by atoms with Crippen molar-refractivity contribution in [1.29, 1.82) is 5.26 Å². The molecular formula is C17H15FN2O. The first-order valence-electron chi connectivity index (χ1n) is 6.67. The van der Waals surface area contributed by atoms with Crippen molar-refractivity contribution in [3.8, 4) is 6.07 Å². The molecule has 0 N–H and O–H groups in total. The molecule has 0 atom stereocenters. The van der Waals surface area contributed by atoms with E-state index in [-0.39, 0.29) is 24.6 Å². The maximum absolute atomic E-state index is 13.2. The standard InChI is InChI=1S/C17H15FN2O/c18-15-7-4-6-14(12-15)13-17(21)20(11-5-10-19)16-8-2-1-3-9-16/h1-4,6-9,12H,5,11,13H2. The van der Waals surface area contributed by atoms with Crippen molar-refractivity contribution < 1.29 is 9.18 Å². The van der Waals surface area contributed by atoms with E-state index in [0.717, 1.165) is 5.69 Å². The van der Waals surface area contributed by atoms with Gasteiger partial charge in [0.05, 0.1) is 18.9 Å². The summed E-state index contributed by atoms with van der Waals surface area (Å²) in [5.41, 5.74) is 1.37. The van der Waals surface area contributed by atoms with Gasteiger partial charge in [-0.05, 0) is 29.8 Å². The highest BCUT2D eigenvalue weighted by Crippen LogP contribution is 2.16. The molecule has 2 rings (SSSR count). The van der Waals surface area contributed by atoms with Crippen LogP contribution in [-0.4, -0.2) is 12.5 Å². The highest BCUT2D eigenvalue weighted by Gasteiger charge is 2.15. The maximum Gasteiger partial charge on any atom is 0.231 e. The Kier molecular flexibility index (Phi) is 5.05. The first kappa shape index (κ1) is 14.7. The van der Waals surface area contributed by atoms with Gasteiger partial charge in [-0.3, -0.25) is 4.79 Å². The Morgan fingerprint density at radius 2 is 1.90 bits per heavy atom. The largest absolute Gasteiger partial charge is 0.311 e. The van der Waals surface area contributed by atoms with Crippen molar-refractivity contribution in [2.45, 2.75) is 12.8 Å². The van der Waals surface area contributed by atoms with E-state index in [1.54, 1.807) is 17.0 Å². The predicted octanol–water partition coefficient (Wildman–Crippen LogP) is 3.32. The van der Waals surface area contributed by atoms with Gasteiger partial charge in [-0.25, -0.2) is 4.39 Å². The molecule has 0 spiro atoms. The first-order valence-corrected chi connectivity index (χ1v) is 6.67. The van der Waals surface area contributed by atoms with Crippen molar-refractivity contribution in [3.05, 3.63) is 66.0 Å². The quantitative estimate of drug-likeness (QED) is 0.844. The summed E-state index contributed by atoms with van der Waals surface area (Å²) in [7, 11) is 0. The van der Waals surface area contributed by atoms with Crippen LogP contribution in [0.1, 0.15) is 12.0 Å². The monoisotopic (exact) mass is 282 g/mol. The molecule has 21 heavy (non-hydrogen) atoms. The SMILES string of the molecule is N#CCCN(C(=O)Cc1cccc(F)c1)c1ccccc1. The number of benzene rings is 2. The Hall–Kier alpha value is -2.67. The molecule has 1 amide bonds. The van der Waals surface area contributed by atoms with E-state index in [2.05, 4.69) is 0 Å². The topological polar surface area (TPSA) is 44.1 Å². The molecule has 3 nitrogen and oxygen atoms in total. The summed E-state index contributed by atoms with van der Waals surface area (Å²) in [4.78, 5) is 14.0. The van der Waals surface area contributed by atoms with Crippen molar-refractivity contribution >= 4 is 11.6 Å². The molecule has 0 radical (unpaired) electrons. The van der Waals surface area contributed by atoms with Crippen LogP contribution < -0.4 is 4.90 Å². The summed E-state index contributed by atoms with van der Waals surface area (Å²) >= 11 is 0. The van der Waals surface area contributed by atoms with E-state index in [1.807, 2.05) is 36.4 Å². The van der Waals surface area contributed by atoms with Crippen LogP contribution in [0.4, 0.5) is 10.1 Å². The van der Waals surface area contributed by atoms with Crippen molar-refractivity contribution in [2.24, 2.45) is 0 Å². The number of carbonyl (C=O) groups is 1. The molecule has 0 heterocycles. The summed E-state index contributed by atoms with van der Waals surface area (Å²) in [6.45, 7) is 0.328. The molecule has 0 aliphatic rings. The fourth-order valence-electron chi connectivity index (χ4n) is 2.08. The van der Waals surface area contributed by atoms with Gasteiger partial charge in [0.15, 0.2) is 0 Å². The predicted molar refractivity (Wildman–Crippen MR) is 79.1 cm³/mol. The Morgan fingerprint density at radius 1 is 1.14 bits per heavy atom. The molecule has 0 unspecified atom stereocenters. The summed E-state index contributed by atoms with van der Waals surface area (Å²) < 4.78 is 13.2. The van der Waals surface area contributed by atoms with Gasteiger partial charge >= 0.3 is 0 Å². The number of rotatable bonds is 5. The van der Waals surface area contributed by atoms with Crippen LogP contribution >= 0.6 is 0 Å². The second-order valence-corrected chi connectivity index (χ2v) is 4.60. The summed E-state index contributed by atoms with van der Waals surface area (Å²) in [6, 6.07) is 17.2. The number of nitriles is 1. The molecule has 0 aliphatic heterocycles. The molecule has 2 aromatic carbocycles. The summed E-state index contributed by atoms with van der Waals surface area (Å²) in [6.07, 6.45) is 0.363. The number of para-hydroxylation sites is 1. The molecule has 0 bridgehead atoms. The van der Waals surface area contributed by atoms with Crippen LogP contribution in [0.25, 0.3) is 0 Å². The van der Waals surface area contributed by atoms with E-state index < -0.39 is 0 Å². The van der Waals surface area contributed by atoms with Crippen LogP contribution in [0.15, 0.2) is 54.6 Å². The lowest BCUT2D eigenvalue weighted by atomic mass is 10.1. The minimum absolute atomic E-state index is 0.109. The van der Waals surface area contributed by atoms with Crippen molar-refractivity contribution in [3.63, 3.8) is 0 Å². The van der Waals surface area contributed by atoms with Gasteiger partial charge in [-0.15, -0.1) is 0 Å². The third kappa shape index (κ3) is 4.15. The van der Waals surface area contributed by atoms with E-state index in [1.165, 1.54) is 12.1 Å². The molecule has 0 fully saturated rings. The molecule has 0 aliphatic carbocycles. The van der Waals surface area contributed by atoms with Crippen molar-refractivity contribution in [2.75, 3.05) is 11.4 Å². The Balaban J connectivity index is 2.17.